The highest BCUT2D eigenvalue weighted by Gasteiger charge is 2.29. The summed E-state index contributed by atoms with van der Waals surface area (Å²) in [5, 5.41) is 2.97. The largest absolute Gasteiger partial charge is 0.378 e. The summed E-state index contributed by atoms with van der Waals surface area (Å²) in [4.78, 5) is 28.3. The lowest BCUT2D eigenvalue weighted by Gasteiger charge is -2.34. The predicted octanol–water partition coefficient (Wildman–Crippen LogP) is 1.05. The fraction of sp³-hybridized carbons (Fsp3) is 0.579. The van der Waals surface area contributed by atoms with E-state index >= 15 is 0 Å². The first-order valence-electron chi connectivity index (χ1n) is 9.31. The van der Waals surface area contributed by atoms with E-state index in [1.54, 1.807) is 0 Å². The zero-order chi connectivity index (χ0) is 18.5. The highest BCUT2D eigenvalue weighted by Crippen LogP contribution is 2.21. The minimum atomic E-state index is -0.295. The van der Waals surface area contributed by atoms with E-state index in [1.807, 2.05) is 36.1 Å². The van der Waals surface area contributed by atoms with E-state index in [0.29, 0.717) is 6.54 Å². The minimum absolute atomic E-state index is 0.0609. The first-order chi connectivity index (χ1) is 12.5. The molecule has 2 saturated heterocycles. The Bertz CT molecular complexity index is 628. The molecule has 3 rings (SSSR count). The molecule has 1 aromatic carbocycles. The number of hydrogen-bond acceptors (Lipinski definition) is 5. The molecule has 0 radical (unpaired) electrons. The molecule has 0 spiro atoms. The van der Waals surface area contributed by atoms with Crippen LogP contribution in [0.5, 0.6) is 0 Å². The normalized spacial score (nSPS) is 22.7. The molecule has 7 heteroatoms. The number of nitrogens with one attached hydrogen (secondary N) is 1. The number of likely N-dealkylation sites (tertiary alicyclic amines) is 1. The number of carbonyl (C=O) groups is 2. The highest BCUT2D eigenvalue weighted by molar-refractivity contribution is 5.94. The van der Waals surface area contributed by atoms with Crippen LogP contribution in [0.15, 0.2) is 24.3 Å². The van der Waals surface area contributed by atoms with Gasteiger partial charge in [0.1, 0.15) is 0 Å². The lowest BCUT2D eigenvalue weighted by atomic mass is 9.96. The number of primary amides is 1. The lowest BCUT2D eigenvalue weighted by molar-refractivity contribution is -0.127. The molecule has 2 atom stereocenters. The van der Waals surface area contributed by atoms with Gasteiger partial charge in [0.25, 0.3) is 0 Å². The van der Waals surface area contributed by atoms with Crippen molar-refractivity contribution in [2.45, 2.75) is 25.8 Å². The number of anilines is 2. The van der Waals surface area contributed by atoms with Crippen LogP contribution in [0.4, 0.5) is 11.4 Å². The van der Waals surface area contributed by atoms with Gasteiger partial charge in [0.05, 0.1) is 25.2 Å². The Morgan fingerprint density at radius 1 is 1.19 bits per heavy atom. The van der Waals surface area contributed by atoms with Crippen molar-refractivity contribution < 1.29 is 14.3 Å². The van der Waals surface area contributed by atoms with Crippen molar-refractivity contribution in [3.8, 4) is 0 Å². The van der Waals surface area contributed by atoms with Crippen molar-refractivity contribution >= 4 is 23.2 Å². The van der Waals surface area contributed by atoms with Crippen molar-refractivity contribution in [1.29, 1.82) is 0 Å². The second-order valence-electron chi connectivity index (χ2n) is 7.05. The Morgan fingerprint density at radius 2 is 1.88 bits per heavy atom. The number of piperidine rings is 1. The molecule has 2 fully saturated rings. The Labute approximate surface area is 154 Å². The average Bonchev–Trinajstić information content (AvgIpc) is 2.68. The lowest BCUT2D eigenvalue weighted by Crippen LogP contribution is -2.49. The van der Waals surface area contributed by atoms with Crippen LogP contribution in [0, 0.1) is 5.92 Å². The van der Waals surface area contributed by atoms with Gasteiger partial charge < -0.3 is 20.7 Å². The van der Waals surface area contributed by atoms with Crippen LogP contribution in [0.25, 0.3) is 0 Å². The van der Waals surface area contributed by atoms with Gasteiger partial charge in [-0.1, -0.05) is 0 Å². The van der Waals surface area contributed by atoms with Gasteiger partial charge in [-0.05, 0) is 50.6 Å². The standard InChI is InChI=1S/C19H28N4O3/c1-14(23-8-2-3-15(13-23)18(20)24)19(25)21-16-4-6-17(7-5-16)22-9-11-26-12-10-22/h4-7,14-15H,2-3,8-13H2,1H3,(H2,20,24)(H,21,25)/t14-,15-/m1/s1. The minimum Gasteiger partial charge on any atom is -0.378 e. The first-order valence-corrected chi connectivity index (χ1v) is 9.31. The maximum atomic E-state index is 12.6. The van der Waals surface area contributed by atoms with E-state index in [1.165, 1.54) is 0 Å². The van der Waals surface area contributed by atoms with Crippen molar-refractivity contribution in [2.75, 3.05) is 49.6 Å². The molecule has 1 aromatic rings. The number of nitrogens with two attached hydrogens (primary N) is 1. The van der Waals surface area contributed by atoms with Crippen LogP contribution in [0.3, 0.4) is 0 Å². The molecule has 0 saturated carbocycles. The quantitative estimate of drug-likeness (QED) is 0.819. The summed E-state index contributed by atoms with van der Waals surface area (Å²) in [7, 11) is 0. The molecule has 3 N–H and O–H groups in total. The van der Waals surface area contributed by atoms with Crippen LogP contribution < -0.4 is 16.0 Å². The molecule has 0 unspecified atom stereocenters. The number of amides is 2. The van der Waals surface area contributed by atoms with Crippen LogP contribution >= 0.6 is 0 Å². The Kier molecular flexibility index (Phi) is 6.11. The molecule has 0 aliphatic carbocycles. The first kappa shape index (κ1) is 18.7. The van der Waals surface area contributed by atoms with Crippen LogP contribution in [0.2, 0.25) is 0 Å². The second-order valence-corrected chi connectivity index (χ2v) is 7.05. The zero-order valence-electron chi connectivity index (χ0n) is 15.3. The monoisotopic (exact) mass is 360 g/mol. The number of morpholine rings is 1. The van der Waals surface area contributed by atoms with E-state index in [-0.39, 0.29) is 23.8 Å². The van der Waals surface area contributed by atoms with Crippen LogP contribution in [-0.4, -0.2) is 62.1 Å². The van der Waals surface area contributed by atoms with Crippen molar-refractivity contribution in [3.05, 3.63) is 24.3 Å². The summed E-state index contributed by atoms with van der Waals surface area (Å²) in [6.07, 6.45) is 1.70. The van der Waals surface area contributed by atoms with Crippen LogP contribution in [-0.2, 0) is 14.3 Å². The zero-order valence-corrected chi connectivity index (χ0v) is 15.3. The van der Waals surface area contributed by atoms with E-state index in [0.717, 1.165) is 57.1 Å². The van der Waals surface area contributed by atoms with Gasteiger partial charge in [0, 0.05) is 31.0 Å². The van der Waals surface area contributed by atoms with Crippen molar-refractivity contribution in [1.82, 2.24) is 4.90 Å². The third-order valence-electron chi connectivity index (χ3n) is 5.29. The van der Waals surface area contributed by atoms with E-state index in [2.05, 4.69) is 10.2 Å². The number of ether oxygens (including phenoxy) is 1. The molecule has 2 amide bonds. The SMILES string of the molecule is C[C@H](C(=O)Nc1ccc(N2CCOCC2)cc1)N1CCC[C@@H](C(N)=O)C1. The molecular formula is C19H28N4O3. The average molecular weight is 360 g/mol. The third kappa shape index (κ3) is 4.53. The number of nitrogens with zero attached hydrogens (tertiary/aromatic N) is 2. The maximum absolute atomic E-state index is 12.6. The summed E-state index contributed by atoms with van der Waals surface area (Å²) in [6.45, 7) is 6.52. The Hall–Kier alpha value is -2.12. The fourth-order valence-electron chi connectivity index (χ4n) is 3.58. The molecule has 7 nitrogen and oxygen atoms in total. The van der Waals surface area contributed by atoms with Crippen LogP contribution in [0.1, 0.15) is 19.8 Å². The van der Waals surface area contributed by atoms with Gasteiger partial charge in [-0.25, -0.2) is 0 Å². The van der Waals surface area contributed by atoms with Gasteiger partial charge in [-0.2, -0.15) is 0 Å². The topological polar surface area (TPSA) is 87.9 Å². The second kappa shape index (κ2) is 8.51. The number of carbonyl (C=O) groups excluding carboxylic acids is 2. The predicted molar refractivity (Wildman–Crippen MR) is 101 cm³/mol. The molecule has 2 heterocycles. The summed E-state index contributed by atoms with van der Waals surface area (Å²) >= 11 is 0. The smallest absolute Gasteiger partial charge is 0.241 e. The van der Waals surface area contributed by atoms with E-state index < -0.39 is 0 Å². The summed E-state index contributed by atoms with van der Waals surface area (Å²) in [5.41, 5.74) is 7.35. The Balaban J connectivity index is 1.56. The Morgan fingerprint density at radius 3 is 2.54 bits per heavy atom. The summed E-state index contributed by atoms with van der Waals surface area (Å²) < 4.78 is 5.37. The molecule has 0 aromatic heterocycles. The molecule has 0 bridgehead atoms. The van der Waals surface area contributed by atoms with E-state index in [9.17, 15) is 9.59 Å². The molecule has 26 heavy (non-hydrogen) atoms. The van der Waals surface area contributed by atoms with Gasteiger partial charge in [-0.15, -0.1) is 0 Å². The fourth-order valence-corrected chi connectivity index (χ4v) is 3.58. The van der Waals surface area contributed by atoms with Gasteiger partial charge in [0.2, 0.25) is 11.8 Å². The third-order valence-corrected chi connectivity index (χ3v) is 5.29. The van der Waals surface area contributed by atoms with Gasteiger partial charge >= 0.3 is 0 Å². The number of benzene rings is 1. The number of rotatable bonds is 5. The molecule has 2 aliphatic heterocycles. The number of hydrogen-bond donors (Lipinski definition) is 2. The van der Waals surface area contributed by atoms with Gasteiger partial charge in [0.15, 0.2) is 0 Å². The highest BCUT2D eigenvalue weighted by atomic mass is 16.5. The summed E-state index contributed by atoms with van der Waals surface area (Å²) in [6, 6.07) is 7.61. The van der Waals surface area contributed by atoms with Crippen molar-refractivity contribution in [2.24, 2.45) is 11.7 Å². The van der Waals surface area contributed by atoms with Gasteiger partial charge in [-0.3, -0.25) is 14.5 Å². The van der Waals surface area contributed by atoms with Crippen molar-refractivity contribution in [3.63, 3.8) is 0 Å². The molecule has 142 valence electrons. The van der Waals surface area contributed by atoms with E-state index in [4.69, 9.17) is 10.5 Å². The summed E-state index contributed by atoms with van der Waals surface area (Å²) in [5.74, 6) is -0.498. The molecule has 2 aliphatic rings. The molecular weight excluding hydrogens is 332 g/mol. The maximum Gasteiger partial charge on any atom is 0.241 e.